The van der Waals surface area contributed by atoms with Gasteiger partial charge < -0.3 is 0 Å². The first-order chi connectivity index (χ1) is 8.70. The molecular formula is C18H22. The van der Waals surface area contributed by atoms with E-state index in [0.29, 0.717) is 5.92 Å². The van der Waals surface area contributed by atoms with Gasteiger partial charge in [0.05, 0.1) is 0 Å². The molecule has 0 nitrogen and oxygen atoms in total. The van der Waals surface area contributed by atoms with Gasteiger partial charge in [0.25, 0.3) is 0 Å². The van der Waals surface area contributed by atoms with Crippen LogP contribution in [-0.2, 0) is 12.8 Å². The van der Waals surface area contributed by atoms with Crippen molar-refractivity contribution >= 4 is 0 Å². The monoisotopic (exact) mass is 238 g/mol. The summed E-state index contributed by atoms with van der Waals surface area (Å²) < 4.78 is 0. The van der Waals surface area contributed by atoms with Crippen molar-refractivity contribution in [1.82, 2.24) is 0 Å². The average molecular weight is 238 g/mol. The van der Waals surface area contributed by atoms with Gasteiger partial charge in [0, 0.05) is 0 Å². The van der Waals surface area contributed by atoms with Crippen LogP contribution in [0.2, 0.25) is 0 Å². The van der Waals surface area contributed by atoms with Crippen LogP contribution in [0.5, 0.6) is 0 Å². The van der Waals surface area contributed by atoms with Gasteiger partial charge in [-0.15, -0.1) is 0 Å². The third-order valence-corrected chi connectivity index (χ3v) is 3.28. The van der Waals surface area contributed by atoms with E-state index in [2.05, 4.69) is 69.3 Å². The maximum absolute atomic E-state index is 2.34. The van der Waals surface area contributed by atoms with Crippen LogP contribution in [0, 0.1) is 5.92 Å². The minimum atomic E-state index is 0.710. The van der Waals surface area contributed by atoms with Gasteiger partial charge in [-0.25, -0.2) is 0 Å². The van der Waals surface area contributed by atoms with Crippen LogP contribution in [0.25, 0.3) is 11.1 Å². The third-order valence-electron chi connectivity index (χ3n) is 3.28. The van der Waals surface area contributed by atoms with Crippen molar-refractivity contribution in [3.8, 4) is 11.1 Å². The lowest BCUT2D eigenvalue weighted by molar-refractivity contribution is 0.647. The molecule has 94 valence electrons. The van der Waals surface area contributed by atoms with Gasteiger partial charge in [-0.1, -0.05) is 69.3 Å². The summed E-state index contributed by atoms with van der Waals surface area (Å²) in [6.45, 7) is 6.76. The van der Waals surface area contributed by atoms with Crippen molar-refractivity contribution in [3.05, 3.63) is 59.7 Å². The normalized spacial score (nSPS) is 10.9. The zero-order valence-corrected chi connectivity index (χ0v) is 11.6. The molecule has 2 aromatic rings. The SMILES string of the molecule is CCc1ccccc1-c1cccc(CC(C)C)c1. The van der Waals surface area contributed by atoms with Crippen molar-refractivity contribution in [2.45, 2.75) is 33.6 Å². The molecule has 0 heteroatoms. The minimum Gasteiger partial charge on any atom is -0.0625 e. The Bertz CT molecular complexity index is 509. The fourth-order valence-corrected chi connectivity index (χ4v) is 2.45. The van der Waals surface area contributed by atoms with Gasteiger partial charge in [-0.2, -0.15) is 0 Å². The van der Waals surface area contributed by atoms with Crippen LogP contribution in [0.4, 0.5) is 0 Å². The van der Waals surface area contributed by atoms with Crippen molar-refractivity contribution < 1.29 is 0 Å². The molecule has 0 aliphatic rings. The summed E-state index contributed by atoms with van der Waals surface area (Å²) >= 11 is 0. The lowest BCUT2D eigenvalue weighted by Gasteiger charge is -2.10. The molecular weight excluding hydrogens is 216 g/mol. The molecule has 0 radical (unpaired) electrons. The van der Waals surface area contributed by atoms with E-state index in [1.807, 2.05) is 0 Å². The number of hydrogen-bond donors (Lipinski definition) is 0. The highest BCUT2D eigenvalue weighted by Gasteiger charge is 2.04. The van der Waals surface area contributed by atoms with Crippen molar-refractivity contribution in [3.63, 3.8) is 0 Å². The van der Waals surface area contributed by atoms with Crippen LogP contribution in [0.3, 0.4) is 0 Å². The van der Waals surface area contributed by atoms with E-state index in [0.717, 1.165) is 12.8 Å². The van der Waals surface area contributed by atoms with E-state index in [1.165, 1.54) is 22.3 Å². The van der Waals surface area contributed by atoms with Crippen LogP contribution < -0.4 is 0 Å². The number of benzene rings is 2. The molecule has 0 N–H and O–H groups in total. The molecule has 0 saturated heterocycles. The zero-order chi connectivity index (χ0) is 13.0. The Morgan fingerprint density at radius 1 is 0.944 bits per heavy atom. The largest absolute Gasteiger partial charge is 0.0625 e. The number of hydrogen-bond acceptors (Lipinski definition) is 0. The molecule has 0 saturated carbocycles. The molecule has 0 aliphatic carbocycles. The summed E-state index contributed by atoms with van der Waals surface area (Å²) in [6, 6.07) is 17.7. The van der Waals surface area contributed by atoms with Crippen molar-refractivity contribution in [2.75, 3.05) is 0 Å². The van der Waals surface area contributed by atoms with Gasteiger partial charge in [0.1, 0.15) is 0 Å². The second-order valence-electron chi connectivity index (χ2n) is 5.31. The van der Waals surface area contributed by atoms with E-state index >= 15 is 0 Å². The topological polar surface area (TPSA) is 0 Å². The Kier molecular flexibility index (Phi) is 4.19. The summed E-state index contributed by atoms with van der Waals surface area (Å²) in [6.07, 6.45) is 2.24. The van der Waals surface area contributed by atoms with Gasteiger partial charge in [-0.3, -0.25) is 0 Å². The van der Waals surface area contributed by atoms with Crippen molar-refractivity contribution in [1.29, 1.82) is 0 Å². The highest BCUT2D eigenvalue weighted by atomic mass is 14.1. The molecule has 0 amide bonds. The predicted molar refractivity (Wildman–Crippen MR) is 79.8 cm³/mol. The summed E-state index contributed by atoms with van der Waals surface area (Å²) in [5.74, 6) is 0.710. The lowest BCUT2D eigenvalue weighted by atomic mass is 9.94. The van der Waals surface area contributed by atoms with Crippen LogP contribution in [0.15, 0.2) is 48.5 Å². The number of rotatable bonds is 4. The molecule has 2 aromatic carbocycles. The van der Waals surface area contributed by atoms with Gasteiger partial charge in [-0.05, 0) is 41.0 Å². The van der Waals surface area contributed by atoms with E-state index in [1.54, 1.807) is 0 Å². The highest BCUT2D eigenvalue weighted by Crippen LogP contribution is 2.25. The van der Waals surface area contributed by atoms with Crippen molar-refractivity contribution in [2.24, 2.45) is 5.92 Å². The fraction of sp³-hybridized carbons (Fsp3) is 0.333. The molecule has 0 fully saturated rings. The Hall–Kier alpha value is -1.56. The smallest absolute Gasteiger partial charge is 0.0152 e. The van der Waals surface area contributed by atoms with Crippen LogP contribution in [0.1, 0.15) is 31.9 Å². The van der Waals surface area contributed by atoms with Gasteiger partial charge >= 0.3 is 0 Å². The first-order valence-electron chi connectivity index (χ1n) is 6.88. The molecule has 18 heavy (non-hydrogen) atoms. The summed E-state index contributed by atoms with van der Waals surface area (Å²) in [5.41, 5.74) is 5.60. The molecule has 0 spiro atoms. The lowest BCUT2D eigenvalue weighted by Crippen LogP contribution is -1.94. The molecule has 0 aromatic heterocycles. The predicted octanol–water partition coefficient (Wildman–Crippen LogP) is 5.11. The molecule has 0 bridgehead atoms. The Balaban J connectivity index is 2.38. The molecule has 0 unspecified atom stereocenters. The average Bonchev–Trinajstić information content (AvgIpc) is 2.38. The zero-order valence-electron chi connectivity index (χ0n) is 11.6. The highest BCUT2D eigenvalue weighted by molar-refractivity contribution is 5.68. The van der Waals surface area contributed by atoms with E-state index in [-0.39, 0.29) is 0 Å². The third kappa shape index (κ3) is 3.01. The Labute approximate surface area is 111 Å². The minimum absolute atomic E-state index is 0.710. The summed E-state index contributed by atoms with van der Waals surface area (Å²) in [4.78, 5) is 0. The van der Waals surface area contributed by atoms with E-state index in [4.69, 9.17) is 0 Å². The molecule has 0 heterocycles. The van der Waals surface area contributed by atoms with Gasteiger partial charge in [0.2, 0.25) is 0 Å². The Morgan fingerprint density at radius 2 is 1.72 bits per heavy atom. The maximum atomic E-state index is 2.34. The summed E-state index contributed by atoms with van der Waals surface area (Å²) in [5, 5.41) is 0. The van der Waals surface area contributed by atoms with E-state index in [9.17, 15) is 0 Å². The second-order valence-corrected chi connectivity index (χ2v) is 5.31. The standard InChI is InChI=1S/C18H22/c1-4-16-9-5-6-11-18(16)17-10-7-8-15(13-17)12-14(2)3/h5-11,13-14H,4,12H2,1-3H3. The first kappa shape index (κ1) is 12.9. The van der Waals surface area contributed by atoms with E-state index < -0.39 is 0 Å². The molecule has 0 aliphatic heterocycles. The second kappa shape index (κ2) is 5.86. The van der Waals surface area contributed by atoms with Crippen LogP contribution >= 0.6 is 0 Å². The first-order valence-corrected chi connectivity index (χ1v) is 6.88. The van der Waals surface area contributed by atoms with Crippen LogP contribution in [-0.4, -0.2) is 0 Å². The Morgan fingerprint density at radius 3 is 2.44 bits per heavy atom. The fourth-order valence-electron chi connectivity index (χ4n) is 2.45. The molecule has 2 rings (SSSR count). The maximum Gasteiger partial charge on any atom is -0.0152 e. The number of aryl methyl sites for hydroxylation is 1. The summed E-state index contributed by atoms with van der Waals surface area (Å²) in [7, 11) is 0. The molecule has 0 atom stereocenters. The quantitative estimate of drug-likeness (QED) is 0.694. The van der Waals surface area contributed by atoms with Gasteiger partial charge in [0.15, 0.2) is 0 Å².